The molecule has 7 heteroatoms. The molecule has 0 bridgehead atoms. The van der Waals surface area contributed by atoms with E-state index in [1.165, 1.54) is 11.5 Å². The van der Waals surface area contributed by atoms with E-state index in [9.17, 15) is 4.79 Å². The van der Waals surface area contributed by atoms with Crippen LogP contribution >= 0.6 is 11.5 Å². The van der Waals surface area contributed by atoms with Gasteiger partial charge in [-0.25, -0.2) is 0 Å². The van der Waals surface area contributed by atoms with Crippen molar-refractivity contribution in [3.05, 3.63) is 28.0 Å². The van der Waals surface area contributed by atoms with E-state index in [0.29, 0.717) is 12.1 Å². The Kier molecular flexibility index (Phi) is 3.94. The average Bonchev–Trinajstić information content (AvgIpc) is 2.95. The summed E-state index contributed by atoms with van der Waals surface area (Å²) >= 11 is 1.33. The van der Waals surface area contributed by atoms with E-state index in [2.05, 4.69) is 14.7 Å². The summed E-state index contributed by atoms with van der Waals surface area (Å²) in [5.41, 5.74) is 2.29. The fourth-order valence-electron chi connectivity index (χ4n) is 1.78. The van der Waals surface area contributed by atoms with Crippen LogP contribution in [0.15, 0.2) is 6.20 Å². The molecule has 2 rings (SSSR count). The third-order valence-corrected chi connectivity index (χ3v) is 3.78. The standard InChI is InChI=1S/C12H17N5OS/c1-5-17-6-10(8(2)14-17)12(18)16(4)7-11-9(3)13-15-19-11/h6H,5,7H2,1-4H3. The van der Waals surface area contributed by atoms with E-state index in [1.807, 2.05) is 20.8 Å². The van der Waals surface area contributed by atoms with Crippen molar-refractivity contribution in [2.75, 3.05) is 7.05 Å². The molecular formula is C12H17N5OS. The van der Waals surface area contributed by atoms with Crippen molar-refractivity contribution < 1.29 is 4.79 Å². The van der Waals surface area contributed by atoms with Crippen molar-refractivity contribution in [2.24, 2.45) is 0 Å². The molecule has 1 amide bonds. The van der Waals surface area contributed by atoms with Gasteiger partial charge in [-0.1, -0.05) is 4.49 Å². The third-order valence-electron chi connectivity index (χ3n) is 2.97. The molecule has 0 unspecified atom stereocenters. The maximum Gasteiger partial charge on any atom is 0.257 e. The lowest BCUT2D eigenvalue weighted by molar-refractivity contribution is 0.0785. The Bertz CT molecular complexity index is 589. The molecule has 2 heterocycles. The lowest BCUT2D eigenvalue weighted by Crippen LogP contribution is -2.26. The highest BCUT2D eigenvalue weighted by Gasteiger charge is 2.18. The Balaban J connectivity index is 2.14. The molecule has 2 aromatic heterocycles. The van der Waals surface area contributed by atoms with Crippen molar-refractivity contribution >= 4 is 17.4 Å². The maximum absolute atomic E-state index is 12.4. The van der Waals surface area contributed by atoms with E-state index in [-0.39, 0.29) is 5.91 Å². The SMILES string of the molecule is CCn1cc(C(=O)N(C)Cc2snnc2C)c(C)n1. The van der Waals surface area contributed by atoms with Gasteiger partial charge in [-0.05, 0) is 32.3 Å². The van der Waals surface area contributed by atoms with Crippen molar-refractivity contribution in [2.45, 2.75) is 33.9 Å². The highest BCUT2D eigenvalue weighted by Crippen LogP contribution is 2.15. The van der Waals surface area contributed by atoms with E-state index in [4.69, 9.17) is 0 Å². The largest absolute Gasteiger partial charge is 0.336 e. The Morgan fingerprint density at radius 3 is 2.68 bits per heavy atom. The summed E-state index contributed by atoms with van der Waals surface area (Å²) in [5.74, 6) is -0.0231. The van der Waals surface area contributed by atoms with Crippen LogP contribution < -0.4 is 0 Å². The number of carbonyl (C=O) groups is 1. The number of hydrogen-bond donors (Lipinski definition) is 0. The lowest BCUT2D eigenvalue weighted by Gasteiger charge is -2.15. The van der Waals surface area contributed by atoms with Crippen LogP contribution in [0.25, 0.3) is 0 Å². The molecule has 0 fully saturated rings. The van der Waals surface area contributed by atoms with Gasteiger partial charge in [-0.15, -0.1) is 5.10 Å². The van der Waals surface area contributed by atoms with E-state index >= 15 is 0 Å². The molecule has 0 aliphatic carbocycles. The minimum Gasteiger partial charge on any atom is -0.336 e. The van der Waals surface area contributed by atoms with E-state index in [1.54, 1.807) is 22.8 Å². The topological polar surface area (TPSA) is 63.9 Å². The Hall–Kier alpha value is -1.76. The van der Waals surface area contributed by atoms with Crippen LogP contribution in [0, 0.1) is 13.8 Å². The summed E-state index contributed by atoms with van der Waals surface area (Å²) in [6.07, 6.45) is 1.80. The minimum absolute atomic E-state index is 0.0231. The molecule has 0 aromatic carbocycles. The number of aromatic nitrogens is 4. The summed E-state index contributed by atoms with van der Waals surface area (Å²) in [6, 6.07) is 0. The fraction of sp³-hybridized carbons (Fsp3) is 0.500. The fourth-order valence-corrected chi connectivity index (χ4v) is 2.46. The van der Waals surface area contributed by atoms with Gasteiger partial charge in [-0.3, -0.25) is 9.48 Å². The van der Waals surface area contributed by atoms with Crippen LogP contribution in [0.2, 0.25) is 0 Å². The predicted octanol–water partition coefficient (Wildman–Crippen LogP) is 1.64. The molecule has 0 radical (unpaired) electrons. The summed E-state index contributed by atoms with van der Waals surface area (Å²) in [5, 5.41) is 8.25. The van der Waals surface area contributed by atoms with Crippen LogP contribution in [-0.4, -0.2) is 37.2 Å². The summed E-state index contributed by atoms with van der Waals surface area (Å²) < 4.78 is 5.65. The molecule has 2 aromatic rings. The summed E-state index contributed by atoms with van der Waals surface area (Å²) in [6.45, 7) is 7.04. The molecule has 0 aliphatic rings. The van der Waals surface area contributed by atoms with Gasteiger partial charge in [0.1, 0.15) is 0 Å². The van der Waals surface area contributed by atoms with Gasteiger partial charge in [0.25, 0.3) is 5.91 Å². The summed E-state index contributed by atoms with van der Waals surface area (Å²) in [4.78, 5) is 15.1. The second-order valence-electron chi connectivity index (χ2n) is 4.43. The molecule has 6 nitrogen and oxygen atoms in total. The Labute approximate surface area is 116 Å². The highest BCUT2D eigenvalue weighted by molar-refractivity contribution is 7.05. The second-order valence-corrected chi connectivity index (χ2v) is 5.27. The highest BCUT2D eigenvalue weighted by atomic mass is 32.1. The smallest absolute Gasteiger partial charge is 0.257 e. The number of rotatable bonds is 4. The first-order valence-electron chi connectivity index (χ1n) is 6.10. The van der Waals surface area contributed by atoms with Gasteiger partial charge in [0.15, 0.2) is 0 Å². The van der Waals surface area contributed by atoms with Crippen molar-refractivity contribution in [1.82, 2.24) is 24.3 Å². The maximum atomic E-state index is 12.4. The van der Waals surface area contributed by atoms with Crippen LogP contribution in [0.3, 0.4) is 0 Å². The van der Waals surface area contributed by atoms with Gasteiger partial charge in [0.2, 0.25) is 0 Å². The summed E-state index contributed by atoms with van der Waals surface area (Å²) in [7, 11) is 1.78. The monoisotopic (exact) mass is 279 g/mol. The van der Waals surface area contributed by atoms with Gasteiger partial charge in [-0.2, -0.15) is 5.10 Å². The predicted molar refractivity (Wildman–Crippen MR) is 73.1 cm³/mol. The Morgan fingerprint density at radius 2 is 2.16 bits per heavy atom. The number of aryl methyl sites for hydroxylation is 3. The number of nitrogens with zero attached hydrogens (tertiary/aromatic N) is 5. The molecule has 0 saturated heterocycles. The third kappa shape index (κ3) is 2.81. The normalized spacial score (nSPS) is 10.7. The van der Waals surface area contributed by atoms with Gasteiger partial charge in [0.05, 0.1) is 28.4 Å². The number of hydrogen-bond acceptors (Lipinski definition) is 5. The van der Waals surface area contributed by atoms with Crippen molar-refractivity contribution in [3.63, 3.8) is 0 Å². The first kappa shape index (κ1) is 13.7. The van der Waals surface area contributed by atoms with E-state index in [0.717, 1.165) is 22.8 Å². The zero-order valence-electron chi connectivity index (χ0n) is 11.5. The van der Waals surface area contributed by atoms with E-state index < -0.39 is 0 Å². The molecular weight excluding hydrogens is 262 g/mol. The lowest BCUT2D eigenvalue weighted by atomic mass is 10.2. The molecule has 0 spiro atoms. The van der Waals surface area contributed by atoms with Gasteiger partial charge in [0, 0.05) is 19.8 Å². The van der Waals surface area contributed by atoms with Crippen LogP contribution in [0.5, 0.6) is 0 Å². The number of amides is 1. The molecule has 19 heavy (non-hydrogen) atoms. The molecule has 0 aliphatic heterocycles. The molecule has 0 N–H and O–H groups in total. The quantitative estimate of drug-likeness (QED) is 0.853. The average molecular weight is 279 g/mol. The zero-order chi connectivity index (χ0) is 14.0. The Morgan fingerprint density at radius 1 is 1.42 bits per heavy atom. The molecule has 0 saturated carbocycles. The van der Waals surface area contributed by atoms with Gasteiger partial charge < -0.3 is 4.90 Å². The molecule has 0 atom stereocenters. The van der Waals surface area contributed by atoms with Crippen molar-refractivity contribution in [1.29, 1.82) is 0 Å². The first-order chi connectivity index (χ1) is 9.02. The number of carbonyl (C=O) groups excluding carboxylic acids is 1. The van der Waals surface area contributed by atoms with Crippen LogP contribution in [-0.2, 0) is 13.1 Å². The van der Waals surface area contributed by atoms with Crippen molar-refractivity contribution in [3.8, 4) is 0 Å². The minimum atomic E-state index is -0.0231. The first-order valence-corrected chi connectivity index (χ1v) is 6.87. The zero-order valence-corrected chi connectivity index (χ0v) is 12.4. The second kappa shape index (κ2) is 5.48. The van der Waals surface area contributed by atoms with Gasteiger partial charge >= 0.3 is 0 Å². The van der Waals surface area contributed by atoms with Crippen LogP contribution in [0.1, 0.15) is 33.5 Å². The van der Waals surface area contributed by atoms with Crippen LogP contribution in [0.4, 0.5) is 0 Å². The molecule has 102 valence electrons.